The second-order valence-corrected chi connectivity index (χ2v) is 2.77. The number of aryl methyl sites for hydroxylation is 1. The molecule has 64 valence electrons. The molecule has 0 aromatic carbocycles. The summed E-state index contributed by atoms with van der Waals surface area (Å²) in [7, 11) is 0. The SMILES string of the molecule is Cc1ccc(C#CN=C=S)c(Cl)n1. The molecule has 0 fully saturated rings. The fourth-order valence-electron chi connectivity index (χ4n) is 0.729. The van der Waals surface area contributed by atoms with Gasteiger partial charge in [-0.1, -0.05) is 11.6 Å². The van der Waals surface area contributed by atoms with Crippen molar-refractivity contribution in [1.82, 2.24) is 4.98 Å². The van der Waals surface area contributed by atoms with Crippen molar-refractivity contribution in [2.45, 2.75) is 6.92 Å². The average molecular weight is 209 g/mol. The Morgan fingerprint density at radius 1 is 1.54 bits per heavy atom. The highest BCUT2D eigenvalue weighted by Crippen LogP contribution is 2.11. The van der Waals surface area contributed by atoms with E-state index in [1.165, 1.54) is 0 Å². The Labute approximate surface area is 86.7 Å². The standard InChI is InChI=1S/C9H5ClN2S/c1-7-2-3-8(9(10)12-7)4-5-11-6-13/h2-3H,1H3. The summed E-state index contributed by atoms with van der Waals surface area (Å²) in [5.74, 6) is 2.70. The molecular weight excluding hydrogens is 204 g/mol. The van der Waals surface area contributed by atoms with Crippen molar-refractivity contribution in [3.8, 4) is 12.0 Å². The van der Waals surface area contributed by atoms with E-state index in [-0.39, 0.29) is 0 Å². The van der Waals surface area contributed by atoms with Crippen molar-refractivity contribution in [3.63, 3.8) is 0 Å². The minimum Gasteiger partial charge on any atom is -0.240 e. The maximum absolute atomic E-state index is 5.81. The van der Waals surface area contributed by atoms with Crippen LogP contribution in [0.1, 0.15) is 11.3 Å². The normalized spacial score (nSPS) is 8.15. The Morgan fingerprint density at radius 3 is 2.92 bits per heavy atom. The summed E-state index contributed by atoms with van der Waals surface area (Å²) < 4.78 is 0. The number of aliphatic imine (C=N–C) groups is 1. The first-order valence-electron chi connectivity index (χ1n) is 3.45. The maximum Gasteiger partial charge on any atom is 0.144 e. The Hall–Kier alpha value is -1.20. The van der Waals surface area contributed by atoms with E-state index < -0.39 is 0 Å². The Morgan fingerprint density at radius 2 is 2.31 bits per heavy atom. The van der Waals surface area contributed by atoms with Crippen LogP contribution in [0.2, 0.25) is 5.15 Å². The molecule has 1 rings (SSSR count). The quantitative estimate of drug-likeness (QED) is 0.283. The summed E-state index contributed by atoms with van der Waals surface area (Å²) in [6.07, 6.45) is 0. The maximum atomic E-state index is 5.81. The number of halogens is 1. The zero-order valence-corrected chi connectivity index (χ0v) is 8.41. The molecular formula is C9H5ClN2S. The van der Waals surface area contributed by atoms with Crippen LogP contribution in [0.3, 0.4) is 0 Å². The molecule has 0 unspecified atom stereocenters. The predicted molar refractivity (Wildman–Crippen MR) is 55.9 cm³/mol. The molecule has 2 nitrogen and oxygen atoms in total. The zero-order chi connectivity index (χ0) is 9.68. The molecule has 0 saturated carbocycles. The summed E-state index contributed by atoms with van der Waals surface area (Å²) >= 11 is 10.2. The van der Waals surface area contributed by atoms with E-state index in [9.17, 15) is 0 Å². The Balaban J connectivity index is 3.04. The van der Waals surface area contributed by atoms with E-state index in [1.54, 1.807) is 6.07 Å². The van der Waals surface area contributed by atoms with Crippen LogP contribution in [0.15, 0.2) is 17.1 Å². The third kappa shape index (κ3) is 2.96. The van der Waals surface area contributed by atoms with Crippen LogP contribution in [0.5, 0.6) is 0 Å². The molecule has 1 aromatic rings. The molecule has 13 heavy (non-hydrogen) atoms. The molecule has 0 spiro atoms. The molecule has 1 heterocycles. The van der Waals surface area contributed by atoms with E-state index in [1.807, 2.05) is 13.0 Å². The van der Waals surface area contributed by atoms with Gasteiger partial charge in [0.25, 0.3) is 0 Å². The van der Waals surface area contributed by atoms with Gasteiger partial charge in [0.05, 0.1) is 16.8 Å². The molecule has 0 radical (unpaired) electrons. The van der Waals surface area contributed by atoms with Gasteiger partial charge in [0.1, 0.15) is 5.15 Å². The number of isothiocyanates is 1. The van der Waals surface area contributed by atoms with Gasteiger partial charge in [-0.25, -0.2) is 4.98 Å². The molecule has 1 aromatic heterocycles. The third-order valence-electron chi connectivity index (χ3n) is 1.28. The lowest BCUT2D eigenvalue weighted by atomic mass is 10.3. The topological polar surface area (TPSA) is 25.2 Å². The fraction of sp³-hybridized carbons (Fsp3) is 0.111. The highest BCUT2D eigenvalue weighted by Gasteiger charge is 1.96. The molecule has 0 aliphatic heterocycles. The lowest BCUT2D eigenvalue weighted by molar-refractivity contribution is 1.19. The van der Waals surface area contributed by atoms with Crippen molar-refractivity contribution in [1.29, 1.82) is 0 Å². The van der Waals surface area contributed by atoms with E-state index in [4.69, 9.17) is 11.6 Å². The van der Waals surface area contributed by atoms with Gasteiger partial charge in [0.15, 0.2) is 0 Å². The number of hydrogen-bond acceptors (Lipinski definition) is 3. The van der Waals surface area contributed by atoms with Crippen LogP contribution in [-0.2, 0) is 0 Å². The number of pyridine rings is 1. The van der Waals surface area contributed by atoms with E-state index in [0.29, 0.717) is 10.7 Å². The van der Waals surface area contributed by atoms with Crippen LogP contribution >= 0.6 is 23.8 Å². The van der Waals surface area contributed by atoms with Gasteiger partial charge in [-0.05, 0) is 37.2 Å². The van der Waals surface area contributed by atoms with Crippen molar-refractivity contribution in [2.75, 3.05) is 0 Å². The summed E-state index contributed by atoms with van der Waals surface area (Å²) in [5.41, 5.74) is 1.50. The molecule has 0 saturated heterocycles. The average Bonchev–Trinajstić information content (AvgIpc) is 2.09. The minimum absolute atomic E-state index is 0.382. The molecule has 0 amide bonds. The van der Waals surface area contributed by atoms with Gasteiger partial charge < -0.3 is 0 Å². The Bertz CT molecular complexity index is 425. The van der Waals surface area contributed by atoms with Crippen molar-refractivity contribution >= 4 is 29.0 Å². The van der Waals surface area contributed by atoms with Gasteiger partial charge in [-0.3, -0.25) is 0 Å². The van der Waals surface area contributed by atoms with Gasteiger partial charge in [0.2, 0.25) is 0 Å². The van der Waals surface area contributed by atoms with Gasteiger partial charge in [0, 0.05) is 5.69 Å². The Kier molecular flexibility index (Phi) is 3.60. The van der Waals surface area contributed by atoms with Crippen LogP contribution in [0.25, 0.3) is 0 Å². The number of thiocarbonyl (C=S) groups is 1. The first kappa shape index (κ1) is 9.88. The predicted octanol–water partition coefficient (Wildman–Crippen LogP) is 2.46. The second kappa shape index (κ2) is 4.74. The van der Waals surface area contributed by atoms with Crippen molar-refractivity contribution < 1.29 is 0 Å². The highest BCUT2D eigenvalue weighted by molar-refractivity contribution is 7.78. The van der Waals surface area contributed by atoms with E-state index in [2.05, 4.69) is 39.3 Å². The third-order valence-corrected chi connectivity index (χ3v) is 1.66. The largest absolute Gasteiger partial charge is 0.240 e. The van der Waals surface area contributed by atoms with Crippen molar-refractivity contribution in [2.24, 2.45) is 4.99 Å². The lowest BCUT2D eigenvalue weighted by Gasteiger charge is -1.94. The second-order valence-electron chi connectivity index (χ2n) is 2.23. The molecule has 0 bridgehead atoms. The molecule has 0 aliphatic carbocycles. The monoisotopic (exact) mass is 208 g/mol. The molecule has 0 aliphatic rings. The highest BCUT2D eigenvalue weighted by atomic mass is 35.5. The van der Waals surface area contributed by atoms with Crippen LogP contribution in [0, 0.1) is 18.9 Å². The number of nitrogens with zero attached hydrogens (tertiary/aromatic N) is 2. The number of rotatable bonds is 0. The van der Waals surface area contributed by atoms with E-state index in [0.717, 1.165) is 5.69 Å². The molecule has 0 atom stereocenters. The summed E-state index contributed by atoms with van der Waals surface area (Å²) in [5, 5.41) is 2.52. The minimum atomic E-state index is 0.382. The molecule has 4 heteroatoms. The summed E-state index contributed by atoms with van der Waals surface area (Å²) in [4.78, 5) is 7.48. The van der Waals surface area contributed by atoms with Gasteiger partial charge in [-0.2, -0.15) is 0 Å². The van der Waals surface area contributed by atoms with Crippen LogP contribution < -0.4 is 0 Å². The zero-order valence-electron chi connectivity index (χ0n) is 6.84. The fourth-order valence-corrected chi connectivity index (χ4v) is 1.02. The lowest BCUT2D eigenvalue weighted by Crippen LogP contribution is -1.84. The van der Waals surface area contributed by atoms with Crippen molar-refractivity contribution in [3.05, 3.63) is 28.5 Å². The summed E-state index contributed by atoms with van der Waals surface area (Å²) in [6, 6.07) is 6.07. The number of hydrogen-bond donors (Lipinski definition) is 0. The smallest absolute Gasteiger partial charge is 0.144 e. The van der Waals surface area contributed by atoms with E-state index >= 15 is 0 Å². The van der Waals surface area contributed by atoms with Crippen LogP contribution in [-0.4, -0.2) is 10.1 Å². The first-order valence-corrected chi connectivity index (χ1v) is 4.23. The van der Waals surface area contributed by atoms with Gasteiger partial charge in [-0.15, -0.1) is 4.99 Å². The van der Waals surface area contributed by atoms with Gasteiger partial charge >= 0.3 is 0 Å². The van der Waals surface area contributed by atoms with Crippen LogP contribution in [0.4, 0.5) is 0 Å². The number of aromatic nitrogens is 1. The first-order chi connectivity index (χ1) is 6.24. The summed E-state index contributed by atoms with van der Waals surface area (Å²) in [6.45, 7) is 1.86. The molecule has 0 N–H and O–H groups in total.